The number of benzene rings is 1. The molecule has 0 unspecified atom stereocenters. The fraction of sp³-hybridized carbons (Fsp3) is 0.235. The zero-order valence-corrected chi connectivity index (χ0v) is 14.2. The van der Waals surface area contributed by atoms with Crippen LogP contribution < -0.4 is 5.32 Å². The quantitative estimate of drug-likeness (QED) is 0.775. The number of aromatic nitrogens is 3. The number of carbonyl (C=O) groups is 1. The first-order valence-corrected chi connectivity index (χ1v) is 8.70. The van der Waals surface area contributed by atoms with E-state index in [9.17, 15) is 13.6 Å². The van der Waals surface area contributed by atoms with Crippen molar-refractivity contribution in [3.05, 3.63) is 57.9 Å². The van der Waals surface area contributed by atoms with Gasteiger partial charge in [0.2, 0.25) is 0 Å². The molecule has 128 valence electrons. The summed E-state index contributed by atoms with van der Waals surface area (Å²) in [6.45, 7) is 1.85. The lowest BCUT2D eigenvalue weighted by atomic mass is 10.2. The van der Waals surface area contributed by atoms with E-state index in [0.717, 1.165) is 48.3 Å². The molecule has 1 aliphatic carbocycles. The summed E-state index contributed by atoms with van der Waals surface area (Å²) in [7, 11) is 0. The number of hydrogen-bond donors (Lipinski definition) is 1. The van der Waals surface area contributed by atoms with Crippen molar-refractivity contribution in [3.63, 3.8) is 0 Å². The van der Waals surface area contributed by atoms with Gasteiger partial charge in [-0.3, -0.25) is 10.1 Å². The maximum atomic E-state index is 13.6. The van der Waals surface area contributed by atoms with Gasteiger partial charge in [-0.05, 0) is 38.3 Å². The molecule has 0 saturated heterocycles. The highest BCUT2D eigenvalue weighted by Crippen LogP contribution is 2.29. The third kappa shape index (κ3) is 2.82. The van der Waals surface area contributed by atoms with Crippen LogP contribution >= 0.6 is 11.3 Å². The Kier molecular flexibility index (Phi) is 3.84. The Morgan fingerprint density at radius 3 is 2.84 bits per heavy atom. The van der Waals surface area contributed by atoms with Gasteiger partial charge in [0.15, 0.2) is 22.5 Å². The predicted molar refractivity (Wildman–Crippen MR) is 90.3 cm³/mol. The highest BCUT2D eigenvalue weighted by Gasteiger charge is 2.27. The molecule has 0 saturated carbocycles. The van der Waals surface area contributed by atoms with E-state index in [0.29, 0.717) is 16.5 Å². The largest absolute Gasteiger partial charge is 0.296 e. The maximum Gasteiger partial charge on any atom is 0.278 e. The topological polar surface area (TPSA) is 59.8 Å². The number of hydrogen-bond acceptors (Lipinski definition) is 4. The molecule has 5 nitrogen and oxygen atoms in total. The number of fused-ring (bicyclic) bond motifs is 1. The molecule has 8 heteroatoms. The number of halogens is 2. The summed E-state index contributed by atoms with van der Waals surface area (Å²) in [6.07, 6.45) is 2.37. The third-order valence-electron chi connectivity index (χ3n) is 4.13. The first-order chi connectivity index (χ1) is 12.0. The smallest absolute Gasteiger partial charge is 0.278 e. The molecular weight excluding hydrogens is 346 g/mol. The van der Waals surface area contributed by atoms with E-state index in [4.69, 9.17) is 0 Å². The van der Waals surface area contributed by atoms with Crippen molar-refractivity contribution in [3.8, 4) is 5.69 Å². The van der Waals surface area contributed by atoms with Crippen molar-refractivity contribution in [2.75, 3.05) is 5.32 Å². The number of nitrogens with zero attached hydrogens (tertiary/aromatic N) is 3. The second-order valence-corrected chi connectivity index (χ2v) is 6.74. The summed E-state index contributed by atoms with van der Waals surface area (Å²) in [4.78, 5) is 16.8. The van der Waals surface area contributed by atoms with Crippen LogP contribution in [0.5, 0.6) is 0 Å². The van der Waals surface area contributed by atoms with Gasteiger partial charge in [0.05, 0.1) is 11.4 Å². The first-order valence-electron chi connectivity index (χ1n) is 7.82. The average Bonchev–Trinajstić information content (AvgIpc) is 3.26. The van der Waals surface area contributed by atoms with Gasteiger partial charge in [0, 0.05) is 22.7 Å². The number of nitrogens with one attached hydrogen (secondary N) is 1. The average molecular weight is 360 g/mol. The van der Waals surface area contributed by atoms with Crippen LogP contribution in [-0.2, 0) is 12.8 Å². The molecule has 1 aliphatic rings. The predicted octanol–water partition coefficient (Wildman–Crippen LogP) is 3.66. The lowest BCUT2D eigenvalue weighted by Gasteiger charge is -2.06. The second kappa shape index (κ2) is 6.03. The van der Waals surface area contributed by atoms with Gasteiger partial charge < -0.3 is 0 Å². The van der Waals surface area contributed by atoms with Gasteiger partial charge in [-0.2, -0.15) is 5.10 Å². The molecule has 0 radical (unpaired) electrons. The first kappa shape index (κ1) is 15.9. The zero-order valence-electron chi connectivity index (χ0n) is 13.3. The number of carbonyl (C=O) groups excluding carboxylic acids is 1. The van der Waals surface area contributed by atoms with E-state index in [-0.39, 0.29) is 5.91 Å². The number of rotatable bonds is 3. The van der Waals surface area contributed by atoms with Crippen molar-refractivity contribution >= 4 is 22.4 Å². The molecule has 0 spiro atoms. The summed E-state index contributed by atoms with van der Waals surface area (Å²) < 4.78 is 28.3. The Balaban J connectivity index is 1.72. The highest BCUT2D eigenvalue weighted by atomic mass is 32.1. The Morgan fingerprint density at radius 2 is 2.12 bits per heavy atom. The molecule has 25 heavy (non-hydrogen) atoms. The Labute approximate surface area is 146 Å². The number of anilines is 1. The van der Waals surface area contributed by atoms with Gasteiger partial charge in [0.1, 0.15) is 0 Å². The summed E-state index contributed by atoms with van der Waals surface area (Å²) >= 11 is 1.34. The van der Waals surface area contributed by atoms with E-state index in [2.05, 4.69) is 15.4 Å². The van der Waals surface area contributed by atoms with Crippen LogP contribution in [0.3, 0.4) is 0 Å². The van der Waals surface area contributed by atoms with Crippen molar-refractivity contribution in [1.82, 2.24) is 14.8 Å². The van der Waals surface area contributed by atoms with Crippen molar-refractivity contribution in [2.45, 2.75) is 26.2 Å². The van der Waals surface area contributed by atoms with E-state index in [1.54, 1.807) is 0 Å². The van der Waals surface area contributed by atoms with E-state index in [1.807, 2.05) is 12.3 Å². The zero-order chi connectivity index (χ0) is 17.6. The Morgan fingerprint density at radius 1 is 1.28 bits per heavy atom. The monoisotopic (exact) mass is 360 g/mol. The molecule has 0 fully saturated rings. The minimum atomic E-state index is -0.941. The fourth-order valence-corrected chi connectivity index (χ4v) is 3.70. The van der Waals surface area contributed by atoms with Gasteiger partial charge >= 0.3 is 0 Å². The Bertz CT molecular complexity index is 979. The van der Waals surface area contributed by atoms with Crippen LogP contribution in [0.1, 0.15) is 33.9 Å². The van der Waals surface area contributed by atoms with Crippen LogP contribution in [0, 0.1) is 18.6 Å². The van der Waals surface area contributed by atoms with Crippen molar-refractivity contribution in [2.24, 2.45) is 0 Å². The lowest BCUT2D eigenvalue weighted by Crippen LogP contribution is -2.14. The number of thiazole rings is 1. The van der Waals surface area contributed by atoms with Crippen LogP contribution in [0.25, 0.3) is 5.69 Å². The molecule has 2 heterocycles. The normalized spacial score (nSPS) is 13.1. The molecule has 1 aromatic carbocycles. The van der Waals surface area contributed by atoms with Crippen LogP contribution in [-0.4, -0.2) is 20.7 Å². The lowest BCUT2D eigenvalue weighted by molar-refractivity contribution is 0.102. The minimum Gasteiger partial charge on any atom is -0.296 e. The molecule has 2 aromatic heterocycles. The molecule has 4 rings (SSSR count). The summed E-state index contributed by atoms with van der Waals surface area (Å²) in [5, 5.41) is 9.48. The maximum absolute atomic E-state index is 13.6. The van der Waals surface area contributed by atoms with Gasteiger partial charge in [-0.25, -0.2) is 18.4 Å². The summed E-state index contributed by atoms with van der Waals surface area (Å²) in [5.41, 5.74) is 3.27. The van der Waals surface area contributed by atoms with Crippen LogP contribution in [0.2, 0.25) is 0 Å². The van der Waals surface area contributed by atoms with Gasteiger partial charge in [-0.15, -0.1) is 11.3 Å². The Hall–Kier alpha value is -2.61. The van der Waals surface area contributed by atoms with E-state index < -0.39 is 11.6 Å². The molecule has 1 N–H and O–H groups in total. The van der Waals surface area contributed by atoms with Crippen LogP contribution in [0.4, 0.5) is 13.9 Å². The molecule has 0 aliphatic heterocycles. The van der Waals surface area contributed by atoms with Crippen LogP contribution in [0.15, 0.2) is 23.6 Å². The third-order valence-corrected chi connectivity index (χ3v) is 5.01. The minimum absolute atomic E-state index is 0.310. The van der Waals surface area contributed by atoms with Crippen molar-refractivity contribution in [1.29, 1.82) is 0 Å². The second-order valence-electron chi connectivity index (χ2n) is 5.89. The number of amides is 1. The fourth-order valence-electron chi connectivity index (χ4n) is 3.02. The SMILES string of the molecule is Cc1csc(NC(=O)c2nn(-c3ccc(F)c(F)c3)c3c2CCC3)n1. The summed E-state index contributed by atoms with van der Waals surface area (Å²) in [5.74, 6) is -2.19. The van der Waals surface area contributed by atoms with Gasteiger partial charge in [0.25, 0.3) is 5.91 Å². The summed E-state index contributed by atoms with van der Waals surface area (Å²) in [6, 6.07) is 3.61. The molecular formula is C17H14F2N4OS. The highest BCUT2D eigenvalue weighted by molar-refractivity contribution is 7.13. The number of aryl methyl sites for hydroxylation is 1. The van der Waals surface area contributed by atoms with E-state index in [1.165, 1.54) is 22.1 Å². The van der Waals surface area contributed by atoms with E-state index >= 15 is 0 Å². The van der Waals surface area contributed by atoms with Gasteiger partial charge in [-0.1, -0.05) is 0 Å². The molecule has 3 aromatic rings. The standard InChI is InChI=1S/C17H14F2N4OS/c1-9-8-25-17(20-9)21-16(24)15-11-3-2-4-14(11)23(22-15)10-5-6-12(18)13(19)7-10/h5-8H,2-4H2,1H3,(H,20,21,24). The molecule has 0 atom stereocenters. The van der Waals surface area contributed by atoms with Crippen molar-refractivity contribution < 1.29 is 13.6 Å². The molecule has 1 amide bonds. The molecule has 0 bridgehead atoms.